The Hall–Kier alpha value is -0.240. The quantitative estimate of drug-likeness (QED) is 0.689. The normalized spacial score (nSPS) is 12.5. The van der Waals surface area contributed by atoms with Crippen molar-refractivity contribution < 1.29 is 4.79 Å². The third kappa shape index (κ3) is 4.51. The molecule has 0 rings (SSSR count). The number of carbonyl (C=O) groups excluding carboxylic acids is 1. The van der Waals surface area contributed by atoms with Gasteiger partial charge in [0, 0.05) is 0 Å². The predicted octanol–water partition coefficient (Wildman–Crippen LogP) is 2.54. The van der Waals surface area contributed by atoms with E-state index < -0.39 is 10.8 Å². The molecule has 0 radical (unpaired) electrons. The van der Waals surface area contributed by atoms with Crippen molar-refractivity contribution in [3.8, 4) is 0 Å². The van der Waals surface area contributed by atoms with Gasteiger partial charge in [-0.25, -0.2) is 0 Å². The van der Waals surface area contributed by atoms with Crippen LogP contribution < -0.4 is 5.73 Å². The maximum atomic E-state index is 11.2. The van der Waals surface area contributed by atoms with Crippen LogP contribution in [0.3, 0.4) is 0 Å². The van der Waals surface area contributed by atoms with Gasteiger partial charge in [-0.3, -0.25) is 4.79 Å². The Labute approximate surface area is 85.8 Å². The molecule has 0 bridgehead atoms. The summed E-state index contributed by atoms with van der Waals surface area (Å²) in [4.78, 5) is 10.3. The number of carbonyl (C=O) groups is 1. The molecule has 2 N–H and O–H groups in total. The zero-order valence-corrected chi connectivity index (χ0v) is 9.69. The number of alkyl halides is 1. The van der Waals surface area contributed by atoms with Gasteiger partial charge in [-0.15, -0.1) is 11.6 Å². The topological polar surface area (TPSA) is 43.1 Å². The first-order valence-corrected chi connectivity index (χ1v) is 5.14. The van der Waals surface area contributed by atoms with Crippen molar-refractivity contribution in [3.05, 3.63) is 0 Å². The minimum Gasteiger partial charge on any atom is -0.368 e. The molecule has 0 aliphatic heterocycles. The summed E-state index contributed by atoms with van der Waals surface area (Å²) in [6, 6.07) is 0. The molecule has 0 saturated heterocycles. The van der Waals surface area contributed by atoms with E-state index in [-0.39, 0.29) is 0 Å². The molecule has 0 aliphatic rings. The van der Waals surface area contributed by atoms with E-state index in [2.05, 4.69) is 0 Å². The second-order valence-corrected chi connectivity index (χ2v) is 5.25. The summed E-state index contributed by atoms with van der Waals surface area (Å²) in [5.41, 5.74) is 5.30. The minimum atomic E-state index is -0.845. The molecule has 0 aliphatic carbocycles. The highest BCUT2D eigenvalue weighted by Gasteiger charge is 2.35. The van der Waals surface area contributed by atoms with Gasteiger partial charge >= 0.3 is 0 Å². The lowest BCUT2D eigenvalue weighted by molar-refractivity contribution is -0.121. The van der Waals surface area contributed by atoms with Crippen molar-refractivity contribution in [2.45, 2.75) is 45.4 Å². The van der Waals surface area contributed by atoms with Crippen LogP contribution in [0.4, 0.5) is 0 Å². The molecular weight excluding hydrogens is 186 g/mol. The Kier molecular flexibility index (Phi) is 4.76. The molecular formula is C10H20ClNO. The second kappa shape index (κ2) is 4.85. The SMILES string of the molecule is CC(C)CC(Cl)(CC(C)C)C(N)=O. The maximum absolute atomic E-state index is 11.2. The van der Waals surface area contributed by atoms with Crippen LogP contribution in [0.15, 0.2) is 0 Å². The zero-order chi connectivity index (χ0) is 10.6. The lowest BCUT2D eigenvalue weighted by atomic mass is 9.88. The third-order valence-corrected chi connectivity index (χ3v) is 2.40. The van der Waals surface area contributed by atoms with Gasteiger partial charge in [-0.2, -0.15) is 0 Å². The summed E-state index contributed by atoms with van der Waals surface area (Å²) < 4.78 is 0. The van der Waals surface area contributed by atoms with Gasteiger partial charge in [0.2, 0.25) is 5.91 Å². The van der Waals surface area contributed by atoms with Gasteiger partial charge in [0.05, 0.1) is 0 Å². The number of rotatable bonds is 5. The summed E-state index contributed by atoms with van der Waals surface area (Å²) in [5.74, 6) is 0.393. The van der Waals surface area contributed by atoms with Gasteiger partial charge in [0.25, 0.3) is 0 Å². The van der Waals surface area contributed by atoms with E-state index in [1.165, 1.54) is 0 Å². The van der Waals surface area contributed by atoms with E-state index in [1.807, 2.05) is 27.7 Å². The summed E-state index contributed by atoms with van der Waals surface area (Å²) >= 11 is 6.19. The van der Waals surface area contributed by atoms with E-state index in [9.17, 15) is 4.79 Å². The lowest BCUT2D eigenvalue weighted by Crippen LogP contribution is -2.40. The zero-order valence-electron chi connectivity index (χ0n) is 8.93. The Bertz CT molecular complexity index is 168. The number of hydrogen-bond donors (Lipinski definition) is 1. The number of hydrogen-bond acceptors (Lipinski definition) is 1. The van der Waals surface area contributed by atoms with Crippen LogP contribution in [0, 0.1) is 11.8 Å². The van der Waals surface area contributed by atoms with E-state index in [0.717, 1.165) is 0 Å². The summed E-state index contributed by atoms with van der Waals surface area (Å²) in [5, 5.41) is 0. The van der Waals surface area contributed by atoms with Gasteiger partial charge < -0.3 is 5.73 Å². The highest BCUT2D eigenvalue weighted by Crippen LogP contribution is 2.31. The highest BCUT2D eigenvalue weighted by molar-refractivity contribution is 6.34. The fraction of sp³-hybridized carbons (Fsp3) is 0.900. The summed E-state index contributed by atoms with van der Waals surface area (Å²) in [6.07, 6.45) is 1.31. The largest absolute Gasteiger partial charge is 0.368 e. The fourth-order valence-electron chi connectivity index (χ4n) is 1.58. The van der Waals surface area contributed by atoms with Gasteiger partial charge in [-0.1, -0.05) is 27.7 Å². The monoisotopic (exact) mass is 205 g/mol. The Morgan fingerprint density at radius 1 is 1.23 bits per heavy atom. The Balaban J connectivity index is 4.43. The van der Waals surface area contributed by atoms with E-state index in [1.54, 1.807) is 0 Å². The number of amides is 1. The first-order chi connectivity index (χ1) is 5.78. The van der Waals surface area contributed by atoms with Gasteiger partial charge in [0.15, 0.2) is 0 Å². The smallest absolute Gasteiger partial charge is 0.238 e. The standard InChI is InChI=1S/C10H20ClNO/c1-7(2)5-10(11,9(12)13)6-8(3)4/h7-8H,5-6H2,1-4H3,(H2,12,13). The molecule has 3 heteroatoms. The average molecular weight is 206 g/mol. The van der Waals surface area contributed by atoms with Crippen molar-refractivity contribution in [1.29, 1.82) is 0 Å². The van der Waals surface area contributed by atoms with E-state index >= 15 is 0 Å². The molecule has 13 heavy (non-hydrogen) atoms. The molecule has 0 atom stereocenters. The molecule has 0 aromatic heterocycles. The van der Waals surface area contributed by atoms with Crippen molar-refractivity contribution in [3.63, 3.8) is 0 Å². The average Bonchev–Trinajstić information content (AvgIpc) is 1.82. The van der Waals surface area contributed by atoms with Crippen molar-refractivity contribution in [2.24, 2.45) is 17.6 Å². The number of primary amides is 1. The van der Waals surface area contributed by atoms with Crippen LogP contribution in [0.5, 0.6) is 0 Å². The van der Waals surface area contributed by atoms with Crippen molar-refractivity contribution in [2.75, 3.05) is 0 Å². The van der Waals surface area contributed by atoms with Crippen molar-refractivity contribution in [1.82, 2.24) is 0 Å². The summed E-state index contributed by atoms with van der Waals surface area (Å²) in [7, 11) is 0. The molecule has 0 saturated carbocycles. The van der Waals surface area contributed by atoms with Crippen LogP contribution in [0.2, 0.25) is 0 Å². The van der Waals surface area contributed by atoms with Crippen LogP contribution in [0.1, 0.15) is 40.5 Å². The molecule has 0 spiro atoms. The van der Waals surface area contributed by atoms with Crippen LogP contribution in [-0.4, -0.2) is 10.8 Å². The van der Waals surface area contributed by atoms with E-state index in [4.69, 9.17) is 17.3 Å². The first-order valence-electron chi connectivity index (χ1n) is 4.76. The molecule has 0 aromatic rings. The molecule has 78 valence electrons. The highest BCUT2D eigenvalue weighted by atomic mass is 35.5. The van der Waals surface area contributed by atoms with Crippen LogP contribution in [-0.2, 0) is 4.79 Å². The summed E-state index contributed by atoms with van der Waals surface area (Å²) in [6.45, 7) is 8.17. The Morgan fingerprint density at radius 2 is 1.54 bits per heavy atom. The molecule has 1 amide bonds. The predicted molar refractivity (Wildman–Crippen MR) is 56.7 cm³/mol. The van der Waals surface area contributed by atoms with Gasteiger partial charge in [-0.05, 0) is 24.7 Å². The Morgan fingerprint density at radius 3 is 1.69 bits per heavy atom. The molecule has 0 unspecified atom stereocenters. The van der Waals surface area contributed by atoms with Crippen LogP contribution >= 0.6 is 11.6 Å². The first kappa shape index (κ1) is 12.8. The third-order valence-electron chi connectivity index (χ3n) is 1.91. The minimum absolute atomic E-state index is 0.392. The molecule has 0 fully saturated rings. The molecule has 0 heterocycles. The maximum Gasteiger partial charge on any atom is 0.238 e. The van der Waals surface area contributed by atoms with Crippen molar-refractivity contribution >= 4 is 17.5 Å². The molecule has 0 aromatic carbocycles. The number of halogens is 1. The van der Waals surface area contributed by atoms with E-state index in [0.29, 0.717) is 24.7 Å². The fourth-order valence-corrected chi connectivity index (χ4v) is 2.20. The number of nitrogens with two attached hydrogens (primary N) is 1. The lowest BCUT2D eigenvalue weighted by Gasteiger charge is -2.27. The second-order valence-electron chi connectivity index (χ2n) is 4.53. The van der Waals surface area contributed by atoms with Crippen LogP contribution in [0.25, 0.3) is 0 Å². The van der Waals surface area contributed by atoms with Gasteiger partial charge in [0.1, 0.15) is 4.87 Å². The molecule has 2 nitrogen and oxygen atoms in total.